The number of benzene rings is 3. The first-order valence-corrected chi connectivity index (χ1v) is 10.8. The highest BCUT2D eigenvalue weighted by molar-refractivity contribution is 8.04. The summed E-state index contributed by atoms with van der Waals surface area (Å²) in [5.74, 6) is 0.0154. The molecule has 27 heavy (non-hydrogen) atoms. The Morgan fingerprint density at radius 3 is 1.22 bits per heavy atom. The molecule has 0 spiro atoms. The predicted molar refractivity (Wildman–Crippen MR) is 101 cm³/mol. The first kappa shape index (κ1) is 18.9. The molecule has 0 aliphatic carbocycles. The van der Waals surface area contributed by atoms with Gasteiger partial charge in [0.2, 0.25) is 0 Å². The lowest BCUT2D eigenvalue weighted by Crippen LogP contribution is -2.29. The minimum atomic E-state index is -4.62. The summed E-state index contributed by atoms with van der Waals surface area (Å²) in [5, 5.41) is 0. The standard InChI is InChI=1S/C19H16O6S2/c20-26(21,24-17-12-6-2-7-13-17)19(16-10-4-1-5-11-16)27(22,23)25-18-14-8-3-9-15-18/h1-15,19H. The van der Waals surface area contributed by atoms with E-state index in [9.17, 15) is 16.8 Å². The number of rotatable bonds is 7. The Morgan fingerprint density at radius 2 is 0.852 bits per heavy atom. The first-order valence-electron chi connectivity index (χ1n) is 7.90. The van der Waals surface area contributed by atoms with E-state index in [1.807, 2.05) is 0 Å². The minimum Gasteiger partial charge on any atom is -0.381 e. The minimum absolute atomic E-state index is 0.00772. The lowest BCUT2D eigenvalue weighted by Gasteiger charge is -2.18. The molecule has 0 unspecified atom stereocenters. The second-order valence-electron chi connectivity index (χ2n) is 5.52. The van der Waals surface area contributed by atoms with Gasteiger partial charge in [0.1, 0.15) is 11.5 Å². The fourth-order valence-electron chi connectivity index (χ4n) is 2.40. The smallest absolute Gasteiger partial charge is 0.334 e. The average Bonchev–Trinajstić information content (AvgIpc) is 2.63. The number of hydrogen-bond acceptors (Lipinski definition) is 6. The molecule has 0 amide bonds. The summed E-state index contributed by atoms with van der Waals surface area (Å²) in [6.07, 6.45) is 0. The van der Waals surface area contributed by atoms with Crippen molar-refractivity contribution < 1.29 is 25.2 Å². The van der Waals surface area contributed by atoms with Crippen LogP contribution in [0.15, 0.2) is 91.0 Å². The van der Waals surface area contributed by atoms with E-state index in [0.29, 0.717) is 0 Å². The molecule has 3 aromatic rings. The Bertz CT molecular complexity index is 1010. The normalized spacial score (nSPS) is 11.9. The molecule has 0 bridgehead atoms. The van der Waals surface area contributed by atoms with E-state index in [1.165, 1.54) is 36.4 Å². The van der Waals surface area contributed by atoms with Gasteiger partial charge in [-0.05, 0) is 29.8 Å². The SMILES string of the molecule is O=S(=O)(Oc1ccccc1)C(c1ccccc1)S(=O)(=O)Oc1ccccc1. The van der Waals surface area contributed by atoms with Crippen LogP contribution in [0.25, 0.3) is 0 Å². The summed E-state index contributed by atoms with van der Waals surface area (Å²) in [4.78, 5) is 0. The van der Waals surface area contributed by atoms with Crippen molar-refractivity contribution in [1.82, 2.24) is 0 Å². The molecule has 0 heterocycles. The van der Waals surface area contributed by atoms with E-state index in [1.54, 1.807) is 54.6 Å². The Labute approximate surface area is 158 Å². The van der Waals surface area contributed by atoms with Crippen LogP contribution < -0.4 is 8.37 Å². The van der Waals surface area contributed by atoms with Crippen LogP contribution in [0.4, 0.5) is 0 Å². The van der Waals surface area contributed by atoms with Gasteiger partial charge >= 0.3 is 20.2 Å². The van der Waals surface area contributed by atoms with Crippen LogP contribution in [0, 0.1) is 0 Å². The van der Waals surface area contributed by atoms with Gasteiger partial charge in [0.25, 0.3) is 4.58 Å². The molecule has 0 aliphatic rings. The third kappa shape index (κ3) is 4.66. The maximum atomic E-state index is 12.9. The maximum absolute atomic E-state index is 12.9. The first-order chi connectivity index (χ1) is 12.9. The summed E-state index contributed by atoms with van der Waals surface area (Å²) in [6.45, 7) is 0. The van der Waals surface area contributed by atoms with Crippen LogP contribution >= 0.6 is 0 Å². The molecule has 0 N–H and O–H groups in total. The Hall–Kier alpha value is -2.84. The molecular weight excluding hydrogens is 388 g/mol. The Morgan fingerprint density at radius 1 is 0.519 bits per heavy atom. The van der Waals surface area contributed by atoms with Crippen LogP contribution in [0.2, 0.25) is 0 Å². The zero-order chi connectivity index (χ0) is 19.3. The van der Waals surface area contributed by atoms with Gasteiger partial charge in [-0.15, -0.1) is 0 Å². The Kier molecular flexibility index (Phi) is 5.48. The summed E-state index contributed by atoms with van der Waals surface area (Å²) in [7, 11) is -9.24. The maximum Gasteiger partial charge on any atom is 0.334 e. The fourth-order valence-corrected chi connectivity index (χ4v) is 5.70. The second kappa shape index (κ2) is 7.81. The topological polar surface area (TPSA) is 86.7 Å². The van der Waals surface area contributed by atoms with E-state index >= 15 is 0 Å². The lowest BCUT2D eigenvalue weighted by molar-refractivity contribution is 0.460. The summed E-state index contributed by atoms with van der Waals surface area (Å²) in [6, 6.07) is 22.9. The van der Waals surface area contributed by atoms with Gasteiger partial charge < -0.3 is 8.37 Å². The van der Waals surface area contributed by atoms with Gasteiger partial charge in [0.15, 0.2) is 0 Å². The van der Waals surface area contributed by atoms with E-state index in [4.69, 9.17) is 8.37 Å². The molecule has 0 fully saturated rings. The largest absolute Gasteiger partial charge is 0.381 e. The average molecular weight is 404 g/mol. The monoisotopic (exact) mass is 404 g/mol. The zero-order valence-electron chi connectivity index (χ0n) is 14.0. The lowest BCUT2D eigenvalue weighted by atomic mass is 10.2. The van der Waals surface area contributed by atoms with Crippen LogP contribution in [0.1, 0.15) is 10.1 Å². The molecule has 3 rings (SSSR count). The van der Waals surface area contributed by atoms with Crippen molar-refractivity contribution in [2.45, 2.75) is 4.58 Å². The molecule has 3 aromatic carbocycles. The molecule has 8 heteroatoms. The van der Waals surface area contributed by atoms with Crippen molar-refractivity contribution in [2.24, 2.45) is 0 Å². The van der Waals surface area contributed by atoms with Gasteiger partial charge in [-0.3, -0.25) is 0 Å². The molecular formula is C19H16O6S2. The summed E-state index contributed by atoms with van der Waals surface area (Å²) in [5.41, 5.74) is 0.0179. The van der Waals surface area contributed by atoms with Crippen LogP contribution in [-0.2, 0) is 20.2 Å². The van der Waals surface area contributed by atoms with Crippen molar-refractivity contribution >= 4 is 20.2 Å². The van der Waals surface area contributed by atoms with Gasteiger partial charge in [-0.2, -0.15) is 16.8 Å². The Balaban J connectivity index is 2.04. The molecule has 0 aliphatic heterocycles. The van der Waals surface area contributed by atoms with Crippen molar-refractivity contribution in [3.63, 3.8) is 0 Å². The van der Waals surface area contributed by atoms with E-state index in [2.05, 4.69) is 0 Å². The summed E-state index contributed by atoms with van der Waals surface area (Å²) >= 11 is 0. The van der Waals surface area contributed by atoms with Crippen LogP contribution in [-0.4, -0.2) is 16.8 Å². The number of hydrogen-bond donors (Lipinski definition) is 0. The fraction of sp³-hybridized carbons (Fsp3) is 0.0526. The second-order valence-corrected chi connectivity index (χ2v) is 9.07. The van der Waals surface area contributed by atoms with Crippen molar-refractivity contribution in [3.05, 3.63) is 96.6 Å². The molecule has 140 valence electrons. The highest BCUT2D eigenvalue weighted by atomic mass is 32.3. The van der Waals surface area contributed by atoms with Crippen molar-refractivity contribution in [3.8, 4) is 11.5 Å². The molecule has 0 aromatic heterocycles. The van der Waals surface area contributed by atoms with Gasteiger partial charge in [0, 0.05) is 0 Å². The summed E-state index contributed by atoms with van der Waals surface area (Å²) < 4.78 is 59.5. The molecule has 0 atom stereocenters. The third-order valence-corrected chi connectivity index (χ3v) is 7.36. The van der Waals surface area contributed by atoms with Crippen molar-refractivity contribution in [1.29, 1.82) is 0 Å². The zero-order valence-corrected chi connectivity index (χ0v) is 15.6. The van der Waals surface area contributed by atoms with Crippen molar-refractivity contribution in [2.75, 3.05) is 0 Å². The van der Waals surface area contributed by atoms with E-state index in [0.717, 1.165) is 0 Å². The quantitative estimate of drug-likeness (QED) is 0.560. The molecule has 0 saturated carbocycles. The molecule has 0 saturated heterocycles. The van der Waals surface area contributed by atoms with E-state index in [-0.39, 0.29) is 17.1 Å². The molecule has 6 nitrogen and oxygen atoms in total. The van der Waals surface area contributed by atoms with Gasteiger partial charge in [0.05, 0.1) is 0 Å². The van der Waals surface area contributed by atoms with Gasteiger partial charge in [-0.1, -0.05) is 66.7 Å². The third-order valence-electron chi connectivity index (χ3n) is 3.51. The highest BCUT2D eigenvalue weighted by Crippen LogP contribution is 2.32. The van der Waals surface area contributed by atoms with Crippen LogP contribution in [0.5, 0.6) is 11.5 Å². The van der Waals surface area contributed by atoms with Gasteiger partial charge in [-0.25, -0.2) is 0 Å². The number of para-hydroxylation sites is 2. The van der Waals surface area contributed by atoms with E-state index < -0.39 is 24.8 Å². The molecule has 0 radical (unpaired) electrons. The highest BCUT2D eigenvalue weighted by Gasteiger charge is 2.43. The predicted octanol–water partition coefficient (Wildman–Crippen LogP) is 3.50. The van der Waals surface area contributed by atoms with Crippen LogP contribution in [0.3, 0.4) is 0 Å².